The molecular weight excluding hydrogens is 290 g/mol. The van der Waals surface area contributed by atoms with Crippen molar-refractivity contribution in [2.45, 2.75) is 32.7 Å². The molecule has 0 aliphatic carbocycles. The highest BCUT2D eigenvalue weighted by atomic mass is 16.5. The molecule has 0 aromatic heterocycles. The summed E-state index contributed by atoms with van der Waals surface area (Å²) in [7, 11) is 0. The number of nitrogens with two attached hydrogens (primary N) is 1. The maximum atomic E-state index is 10.8. The molecular formula is C19H23NO3. The summed E-state index contributed by atoms with van der Waals surface area (Å²) in [5.41, 5.74) is 10.0. The van der Waals surface area contributed by atoms with Gasteiger partial charge in [-0.2, -0.15) is 0 Å². The quantitative estimate of drug-likeness (QED) is 0.823. The molecule has 0 radical (unpaired) electrons. The minimum Gasteiger partial charge on any atom is -0.494 e. The van der Waals surface area contributed by atoms with E-state index in [9.17, 15) is 4.79 Å². The van der Waals surface area contributed by atoms with Crippen LogP contribution in [0.1, 0.15) is 25.0 Å². The number of hydrogen-bond acceptors (Lipinski definition) is 3. The van der Waals surface area contributed by atoms with E-state index in [1.807, 2.05) is 37.3 Å². The predicted octanol–water partition coefficient (Wildman–Crippen LogP) is 3.27. The van der Waals surface area contributed by atoms with Crippen molar-refractivity contribution in [2.75, 3.05) is 6.61 Å². The third-order valence-corrected chi connectivity index (χ3v) is 3.81. The Hall–Kier alpha value is -2.33. The van der Waals surface area contributed by atoms with Crippen molar-refractivity contribution in [3.63, 3.8) is 0 Å². The van der Waals surface area contributed by atoms with Crippen LogP contribution < -0.4 is 10.5 Å². The Kier molecular flexibility index (Phi) is 5.77. The number of rotatable bonds is 7. The zero-order valence-electron chi connectivity index (χ0n) is 13.6. The molecule has 0 heterocycles. The monoisotopic (exact) mass is 313 g/mol. The zero-order chi connectivity index (χ0) is 16.8. The first-order chi connectivity index (χ1) is 11.0. The third-order valence-electron chi connectivity index (χ3n) is 3.81. The van der Waals surface area contributed by atoms with Gasteiger partial charge in [0.05, 0.1) is 6.61 Å². The molecule has 2 rings (SSSR count). The third kappa shape index (κ3) is 4.33. The van der Waals surface area contributed by atoms with Crippen LogP contribution in [0.4, 0.5) is 0 Å². The standard InChI is InChI=1S/C19H23NO3/c1-3-14-12-16(23-4-2)9-10-17(14)15-7-5-13(6-8-15)11-18(20)19(21)22/h5-10,12,18H,3-4,11,20H2,1-2H3,(H,21,22)/t18-/m0/s1. The average molecular weight is 313 g/mol. The molecule has 122 valence electrons. The van der Waals surface area contributed by atoms with Crippen molar-refractivity contribution >= 4 is 5.97 Å². The lowest BCUT2D eigenvalue weighted by atomic mass is 9.96. The molecule has 0 aliphatic heterocycles. The second-order valence-corrected chi connectivity index (χ2v) is 5.45. The summed E-state index contributed by atoms with van der Waals surface area (Å²) in [6.45, 7) is 4.75. The fourth-order valence-electron chi connectivity index (χ4n) is 2.56. The summed E-state index contributed by atoms with van der Waals surface area (Å²) in [6.07, 6.45) is 1.25. The maximum Gasteiger partial charge on any atom is 0.320 e. The van der Waals surface area contributed by atoms with Crippen LogP contribution in [0.25, 0.3) is 11.1 Å². The van der Waals surface area contributed by atoms with Gasteiger partial charge in [-0.3, -0.25) is 4.79 Å². The predicted molar refractivity (Wildman–Crippen MR) is 91.7 cm³/mol. The molecule has 1 atom stereocenters. The highest BCUT2D eigenvalue weighted by Crippen LogP contribution is 2.28. The largest absolute Gasteiger partial charge is 0.494 e. The van der Waals surface area contributed by atoms with Gasteiger partial charge in [0.15, 0.2) is 0 Å². The molecule has 0 saturated heterocycles. The molecule has 0 aliphatic rings. The van der Waals surface area contributed by atoms with Crippen LogP contribution in [-0.2, 0) is 17.6 Å². The van der Waals surface area contributed by atoms with Crippen LogP contribution in [0.15, 0.2) is 42.5 Å². The van der Waals surface area contributed by atoms with Crippen molar-refractivity contribution in [3.05, 3.63) is 53.6 Å². The van der Waals surface area contributed by atoms with Gasteiger partial charge in [0.2, 0.25) is 0 Å². The first kappa shape index (κ1) is 17.0. The normalized spacial score (nSPS) is 12.0. The number of carboxylic acid groups (broad SMARTS) is 1. The molecule has 4 heteroatoms. The van der Waals surface area contributed by atoms with E-state index in [0.29, 0.717) is 13.0 Å². The molecule has 0 spiro atoms. The van der Waals surface area contributed by atoms with Crippen LogP contribution >= 0.6 is 0 Å². The van der Waals surface area contributed by atoms with Crippen molar-refractivity contribution < 1.29 is 14.6 Å². The van der Waals surface area contributed by atoms with E-state index >= 15 is 0 Å². The Morgan fingerprint density at radius 2 is 1.87 bits per heavy atom. The van der Waals surface area contributed by atoms with Gasteiger partial charge in [-0.05, 0) is 54.2 Å². The summed E-state index contributed by atoms with van der Waals surface area (Å²) < 4.78 is 5.55. The van der Waals surface area contributed by atoms with Gasteiger partial charge in [0.1, 0.15) is 11.8 Å². The second kappa shape index (κ2) is 7.79. The number of aryl methyl sites for hydroxylation is 1. The SMILES string of the molecule is CCOc1ccc(-c2ccc(C[C@H](N)C(=O)O)cc2)c(CC)c1. The number of hydrogen-bond donors (Lipinski definition) is 2. The molecule has 0 saturated carbocycles. The van der Waals surface area contributed by atoms with Crippen molar-refractivity contribution in [3.8, 4) is 16.9 Å². The summed E-state index contributed by atoms with van der Waals surface area (Å²) in [5.74, 6) is -0.0917. The van der Waals surface area contributed by atoms with E-state index in [2.05, 4.69) is 19.1 Å². The Balaban J connectivity index is 2.23. The van der Waals surface area contributed by atoms with E-state index in [4.69, 9.17) is 15.6 Å². The maximum absolute atomic E-state index is 10.8. The van der Waals surface area contributed by atoms with Crippen LogP contribution in [-0.4, -0.2) is 23.7 Å². The van der Waals surface area contributed by atoms with Crippen molar-refractivity contribution in [2.24, 2.45) is 5.73 Å². The minimum atomic E-state index is -0.978. The average Bonchev–Trinajstić information content (AvgIpc) is 2.55. The Morgan fingerprint density at radius 1 is 1.17 bits per heavy atom. The van der Waals surface area contributed by atoms with Crippen molar-refractivity contribution in [1.82, 2.24) is 0 Å². The lowest BCUT2D eigenvalue weighted by Crippen LogP contribution is -2.32. The molecule has 3 N–H and O–H groups in total. The molecule has 0 unspecified atom stereocenters. The van der Waals surface area contributed by atoms with Gasteiger partial charge >= 0.3 is 5.97 Å². The Bertz CT molecular complexity index is 665. The highest BCUT2D eigenvalue weighted by molar-refractivity contribution is 5.74. The molecule has 2 aromatic carbocycles. The number of carboxylic acids is 1. The lowest BCUT2D eigenvalue weighted by molar-refractivity contribution is -0.138. The molecule has 0 bridgehead atoms. The first-order valence-electron chi connectivity index (χ1n) is 7.88. The van der Waals surface area contributed by atoms with E-state index in [-0.39, 0.29) is 0 Å². The molecule has 4 nitrogen and oxygen atoms in total. The summed E-state index contributed by atoms with van der Waals surface area (Å²) in [4.78, 5) is 10.8. The molecule has 2 aromatic rings. The van der Waals surface area contributed by atoms with Gasteiger partial charge in [-0.25, -0.2) is 0 Å². The van der Waals surface area contributed by atoms with E-state index < -0.39 is 12.0 Å². The fraction of sp³-hybridized carbons (Fsp3) is 0.316. The van der Waals surface area contributed by atoms with Gasteiger partial charge in [-0.1, -0.05) is 37.3 Å². The topological polar surface area (TPSA) is 72.5 Å². The van der Waals surface area contributed by atoms with Gasteiger partial charge in [-0.15, -0.1) is 0 Å². The summed E-state index contributed by atoms with van der Waals surface area (Å²) >= 11 is 0. The highest BCUT2D eigenvalue weighted by Gasteiger charge is 2.12. The fourth-order valence-corrected chi connectivity index (χ4v) is 2.56. The van der Waals surface area contributed by atoms with E-state index in [0.717, 1.165) is 23.3 Å². The smallest absolute Gasteiger partial charge is 0.320 e. The lowest BCUT2D eigenvalue weighted by Gasteiger charge is -2.12. The van der Waals surface area contributed by atoms with Crippen LogP contribution in [0.2, 0.25) is 0 Å². The van der Waals surface area contributed by atoms with Crippen LogP contribution in [0.3, 0.4) is 0 Å². The van der Waals surface area contributed by atoms with Crippen LogP contribution in [0.5, 0.6) is 5.75 Å². The molecule has 0 fully saturated rings. The second-order valence-electron chi connectivity index (χ2n) is 5.45. The Labute approximate surface area is 136 Å². The number of aliphatic carboxylic acids is 1. The molecule has 23 heavy (non-hydrogen) atoms. The number of benzene rings is 2. The van der Waals surface area contributed by atoms with Crippen molar-refractivity contribution in [1.29, 1.82) is 0 Å². The number of carbonyl (C=O) groups is 1. The Morgan fingerprint density at radius 3 is 2.43 bits per heavy atom. The first-order valence-corrected chi connectivity index (χ1v) is 7.88. The summed E-state index contributed by atoms with van der Waals surface area (Å²) in [5, 5.41) is 8.88. The van der Waals surface area contributed by atoms with Crippen LogP contribution in [0, 0.1) is 0 Å². The molecule has 0 amide bonds. The van der Waals surface area contributed by atoms with E-state index in [1.54, 1.807) is 0 Å². The van der Waals surface area contributed by atoms with Gasteiger partial charge in [0.25, 0.3) is 0 Å². The number of ether oxygens (including phenoxy) is 1. The van der Waals surface area contributed by atoms with Gasteiger partial charge < -0.3 is 15.6 Å². The van der Waals surface area contributed by atoms with E-state index in [1.165, 1.54) is 11.1 Å². The van der Waals surface area contributed by atoms with Gasteiger partial charge in [0, 0.05) is 0 Å². The minimum absolute atomic E-state index is 0.333. The summed E-state index contributed by atoms with van der Waals surface area (Å²) in [6, 6.07) is 13.2. The zero-order valence-corrected chi connectivity index (χ0v) is 13.6.